The first-order valence-electron chi connectivity index (χ1n) is 9.17. The summed E-state index contributed by atoms with van der Waals surface area (Å²) in [4.78, 5) is 37.9. The Morgan fingerprint density at radius 3 is 2.61 bits per heavy atom. The fraction of sp³-hybridized carbons (Fsp3) is 0.526. The minimum Gasteiger partial charge on any atom is -0.455 e. The molecule has 1 aromatic rings. The fourth-order valence-electron chi connectivity index (χ4n) is 3.68. The van der Waals surface area contributed by atoms with E-state index in [1.165, 1.54) is 12.1 Å². The largest absolute Gasteiger partial charge is 0.455 e. The second kappa shape index (κ2) is 8.20. The molecule has 152 valence electrons. The lowest BCUT2D eigenvalue weighted by Crippen LogP contribution is -2.35. The van der Waals surface area contributed by atoms with Gasteiger partial charge in [-0.2, -0.15) is 13.2 Å². The molecule has 1 heterocycles. The van der Waals surface area contributed by atoms with Crippen LogP contribution in [-0.2, 0) is 25.3 Å². The molecule has 6 nitrogen and oxygen atoms in total. The Balaban J connectivity index is 1.48. The van der Waals surface area contributed by atoms with Crippen LogP contribution in [-0.4, -0.2) is 41.9 Å². The molecule has 1 aromatic carbocycles. The second-order valence-corrected chi connectivity index (χ2v) is 7.12. The number of alkyl halides is 3. The standard InChI is InChI=1S/C19H21F3N2O4/c20-19(21,22)13-4-3-5-14(9-13)23-16(25)11-28-18(27)12-8-17(26)24(10-12)15-6-1-2-7-15/h3-5,9,12,15H,1-2,6-8,10-11H2,(H,23,25)/t12-/m0/s1. The van der Waals surface area contributed by atoms with Gasteiger partial charge in [0.05, 0.1) is 11.5 Å². The zero-order chi connectivity index (χ0) is 20.3. The summed E-state index contributed by atoms with van der Waals surface area (Å²) in [5.41, 5.74) is -0.932. The highest BCUT2D eigenvalue weighted by molar-refractivity contribution is 5.93. The summed E-state index contributed by atoms with van der Waals surface area (Å²) in [5, 5.41) is 2.27. The van der Waals surface area contributed by atoms with Gasteiger partial charge in [-0.05, 0) is 31.0 Å². The Labute approximate surface area is 160 Å². The maximum atomic E-state index is 12.7. The number of ether oxygens (including phenoxy) is 1. The van der Waals surface area contributed by atoms with Gasteiger partial charge in [0.1, 0.15) is 0 Å². The lowest BCUT2D eigenvalue weighted by Gasteiger charge is -2.23. The Hall–Kier alpha value is -2.58. The van der Waals surface area contributed by atoms with Crippen molar-refractivity contribution in [3.05, 3.63) is 29.8 Å². The number of rotatable bonds is 5. The van der Waals surface area contributed by atoms with E-state index >= 15 is 0 Å². The van der Waals surface area contributed by atoms with Gasteiger partial charge in [-0.25, -0.2) is 0 Å². The van der Waals surface area contributed by atoms with Gasteiger partial charge in [-0.15, -0.1) is 0 Å². The molecule has 1 saturated carbocycles. The quantitative estimate of drug-likeness (QED) is 0.774. The number of benzene rings is 1. The third-order valence-corrected chi connectivity index (χ3v) is 5.08. The summed E-state index contributed by atoms with van der Waals surface area (Å²) >= 11 is 0. The number of carbonyl (C=O) groups excluding carboxylic acids is 3. The number of hydrogen-bond acceptors (Lipinski definition) is 4. The van der Waals surface area contributed by atoms with Gasteiger partial charge in [-0.3, -0.25) is 14.4 Å². The molecule has 1 N–H and O–H groups in total. The highest BCUT2D eigenvalue weighted by Gasteiger charge is 2.39. The molecule has 2 amide bonds. The Kier molecular flexibility index (Phi) is 5.90. The summed E-state index contributed by atoms with van der Waals surface area (Å²) in [5.74, 6) is -2.09. The molecule has 2 fully saturated rings. The van der Waals surface area contributed by atoms with E-state index < -0.39 is 36.1 Å². The molecule has 0 aromatic heterocycles. The lowest BCUT2D eigenvalue weighted by atomic mass is 10.1. The number of hydrogen-bond donors (Lipinski definition) is 1. The van der Waals surface area contributed by atoms with Gasteiger partial charge >= 0.3 is 12.1 Å². The van der Waals surface area contributed by atoms with Crippen LogP contribution in [0.1, 0.15) is 37.7 Å². The van der Waals surface area contributed by atoms with Crippen molar-refractivity contribution in [3.63, 3.8) is 0 Å². The van der Waals surface area contributed by atoms with Crippen molar-refractivity contribution in [2.24, 2.45) is 5.92 Å². The predicted molar refractivity (Wildman–Crippen MR) is 93.1 cm³/mol. The van der Waals surface area contributed by atoms with Crippen molar-refractivity contribution in [2.45, 2.75) is 44.3 Å². The van der Waals surface area contributed by atoms with E-state index in [9.17, 15) is 27.6 Å². The van der Waals surface area contributed by atoms with Crippen molar-refractivity contribution in [1.82, 2.24) is 4.90 Å². The van der Waals surface area contributed by atoms with Crippen LogP contribution < -0.4 is 5.32 Å². The summed E-state index contributed by atoms with van der Waals surface area (Å²) in [6, 6.07) is 4.35. The zero-order valence-corrected chi connectivity index (χ0v) is 15.1. The maximum absolute atomic E-state index is 12.7. The van der Waals surface area contributed by atoms with Crippen LogP contribution in [0, 0.1) is 5.92 Å². The maximum Gasteiger partial charge on any atom is 0.416 e. The molecule has 0 radical (unpaired) electrons. The van der Waals surface area contributed by atoms with Crippen LogP contribution >= 0.6 is 0 Å². The van der Waals surface area contributed by atoms with Crippen molar-refractivity contribution >= 4 is 23.5 Å². The topological polar surface area (TPSA) is 75.7 Å². The zero-order valence-electron chi connectivity index (χ0n) is 15.1. The molecule has 28 heavy (non-hydrogen) atoms. The van der Waals surface area contributed by atoms with Gasteiger partial charge in [0, 0.05) is 24.7 Å². The summed E-state index contributed by atoms with van der Waals surface area (Å²) in [6.07, 6.45) is -0.448. The number of carbonyl (C=O) groups is 3. The second-order valence-electron chi connectivity index (χ2n) is 7.12. The van der Waals surface area contributed by atoms with Crippen LogP contribution in [0.15, 0.2) is 24.3 Å². The van der Waals surface area contributed by atoms with Crippen LogP contribution in [0.3, 0.4) is 0 Å². The molecule has 0 spiro atoms. The van der Waals surface area contributed by atoms with Crippen molar-refractivity contribution < 1.29 is 32.3 Å². The molecule has 3 rings (SSSR count). The minimum atomic E-state index is -4.52. The van der Waals surface area contributed by atoms with Crippen LogP contribution in [0.5, 0.6) is 0 Å². The number of nitrogens with zero attached hydrogens (tertiary/aromatic N) is 1. The van der Waals surface area contributed by atoms with Crippen molar-refractivity contribution in [1.29, 1.82) is 0 Å². The number of anilines is 1. The highest BCUT2D eigenvalue weighted by Crippen LogP contribution is 2.31. The molecule has 9 heteroatoms. The predicted octanol–water partition coefficient (Wildman–Crippen LogP) is 2.98. The normalized spacial score (nSPS) is 20.5. The SMILES string of the molecule is O=C(COC(=O)[C@H]1CC(=O)N(C2CCCC2)C1)Nc1cccc(C(F)(F)F)c1. The third-order valence-electron chi connectivity index (χ3n) is 5.08. The number of nitrogens with one attached hydrogen (secondary N) is 1. The molecule has 0 unspecified atom stereocenters. The van der Waals surface area contributed by atoms with Crippen LogP contribution in [0.2, 0.25) is 0 Å². The smallest absolute Gasteiger partial charge is 0.416 e. The lowest BCUT2D eigenvalue weighted by molar-refractivity contribution is -0.151. The number of likely N-dealkylation sites (tertiary alicyclic amines) is 1. The first-order valence-corrected chi connectivity index (χ1v) is 9.17. The van der Waals surface area contributed by atoms with E-state index in [0.29, 0.717) is 0 Å². The number of esters is 1. The van der Waals surface area contributed by atoms with E-state index in [4.69, 9.17) is 4.74 Å². The molecule has 1 atom stereocenters. The van der Waals surface area contributed by atoms with Gasteiger partial charge in [0.2, 0.25) is 5.91 Å². The van der Waals surface area contributed by atoms with E-state index in [2.05, 4.69) is 5.32 Å². The molecule has 1 aliphatic carbocycles. The van der Waals surface area contributed by atoms with Gasteiger partial charge < -0.3 is 15.0 Å². The molecule has 2 aliphatic rings. The summed E-state index contributed by atoms with van der Waals surface area (Å²) in [6.45, 7) is -0.333. The van der Waals surface area contributed by atoms with Crippen molar-refractivity contribution in [2.75, 3.05) is 18.5 Å². The number of amides is 2. The molecule has 0 bridgehead atoms. The van der Waals surface area contributed by atoms with Gasteiger partial charge in [-0.1, -0.05) is 18.9 Å². The first-order chi connectivity index (χ1) is 13.2. The minimum absolute atomic E-state index is 0.0423. The Morgan fingerprint density at radius 1 is 1.21 bits per heavy atom. The third kappa shape index (κ3) is 4.82. The van der Waals surface area contributed by atoms with E-state index in [0.717, 1.165) is 37.8 Å². The van der Waals surface area contributed by atoms with Crippen LogP contribution in [0.25, 0.3) is 0 Å². The molecule has 1 saturated heterocycles. The highest BCUT2D eigenvalue weighted by atomic mass is 19.4. The Bertz CT molecular complexity index is 760. The van der Waals surface area contributed by atoms with E-state index in [-0.39, 0.29) is 30.6 Å². The van der Waals surface area contributed by atoms with E-state index in [1.54, 1.807) is 4.90 Å². The monoisotopic (exact) mass is 398 g/mol. The van der Waals surface area contributed by atoms with E-state index in [1.807, 2.05) is 0 Å². The summed E-state index contributed by atoms with van der Waals surface area (Å²) < 4.78 is 43.0. The average Bonchev–Trinajstić information content (AvgIpc) is 3.28. The molecular weight excluding hydrogens is 377 g/mol. The van der Waals surface area contributed by atoms with Crippen molar-refractivity contribution in [3.8, 4) is 0 Å². The average molecular weight is 398 g/mol. The van der Waals surface area contributed by atoms with Gasteiger partial charge in [0.25, 0.3) is 5.91 Å². The summed E-state index contributed by atoms with van der Waals surface area (Å²) in [7, 11) is 0. The molecular formula is C19H21F3N2O4. The fourth-order valence-corrected chi connectivity index (χ4v) is 3.68. The Morgan fingerprint density at radius 2 is 1.93 bits per heavy atom. The van der Waals surface area contributed by atoms with Gasteiger partial charge in [0.15, 0.2) is 6.61 Å². The first kappa shape index (κ1) is 20.2. The van der Waals surface area contributed by atoms with Crippen LogP contribution in [0.4, 0.5) is 18.9 Å². The molecule has 1 aliphatic heterocycles. The number of halogens is 3.